The number of hydrogen-bond acceptors (Lipinski definition) is 4. The SMILES string of the molecule is N#CC(=Cc1cn(-c2ccccc2)nc1-c1cccc(OCc2ccc(F)cc2)c1)C(=O)NCc1ccccc1. The number of para-hydroxylation sites is 1. The van der Waals surface area contributed by atoms with Gasteiger partial charge in [0, 0.05) is 23.9 Å². The van der Waals surface area contributed by atoms with E-state index < -0.39 is 5.91 Å². The number of carbonyl (C=O) groups is 1. The van der Waals surface area contributed by atoms with E-state index in [1.165, 1.54) is 12.1 Å². The minimum atomic E-state index is -0.471. The van der Waals surface area contributed by atoms with E-state index in [1.807, 2.05) is 91.0 Å². The van der Waals surface area contributed by atoms with E-state index in [-0.39, 0.29) is 18.0 Å². The van der Waals surface area contributed by atoms with Crippen LogP contribution in [0.25, 0.3) is 23.0 Å². The highest BCUT2D eigenvalue weighted by atomic mass is 19.1. The van der Waals surface area contributed by atoms with Crippen LogP contribution < -0.4 is 10.1 Å². The van der Waals surface area contributed by atoms with Crippen molar-refractivity contribution in [1.29, 1.82) is 5.26 Å². The summed E-state index contributed by atoms with van der Waals surface area (Å²) in [6.07, 6.45) is 3.34. The van der Waals surface area contributed by atoms with E-state index >= 15 is 0 Å². The van der Waals surface area contributed by atoms with Crippen LogP contribution >= 0.6 is 0 Å². The van der Waals surface area contributed by atoms with Crippen molar-refractivity contribution in [2.24, 2.45) is 0 Å². The highest BCUT2D eigenvalue weighted by Gasteiger charge is 2.16. The molecule has 0 saturated carbocycles. The highest BCUT2D eigenvalue weighted by Crippen LogP contribution is 2.29. The zero-order valence-corrected chi connectivity index (χ0v) is 21.5. The average Bonchev–Trinajstić information content (AvgIpc) is 3.43. The van der Waals surface area contributed by atoms with Gasteiger partial charge in [0.05, 0.1) is 5.69 Å². The van der Waals surface area contributed by atoms with Gasteiger partial charge < -0.3 is 10.1 Å². The molecule has 0 aliphatic carbocycles. The Balaban J connectivity index is 1.45. The Bertz CT molecular complexity index is 1670. The third-order valence-electron chi connectivity index (χ3n) is 6.15. The third kappa shape index (κ3) is 6.50. The van der Waals surface area contributed by atoms with Gasteiger partial charge in [0.1, 0.15) is 35.5 Å². The first kappa shape index (κ1) is 26.1. The normalized spacial score (nSPS) is 11.1. The van der Waals surface area contributed by atoms with Gasteiger partial charge in [-0.2, -0.15) is 10.4 Å². The maximum atomic E-state index is 13.2. The van der Waals surface area contributed by atoms with Crippen LogP contribution in [0, 0.1) is 17.1 Å². The number of nitrogens with zero attached hydrogens (tertiary/aromatic N) is 3. The molecule has 4 aromatic carbocycles. The summed E-state index contributed by atoms with van der Waals surface area (Å²) in [7, 11) is 0. The van der Waals surface area contributed by atoms with Crippen LogP contribution in [0.2, 0.25) is 0 Å². The number of nitrogens with one attached hydrogen (secondary N) is 1. The quantitative estimate of drug-likeness (QED) is 0.175. The summed E-state index contributed by atoms with van der Waals surface area (Å²) in [4.78, 5) is 12.9. The van der Waals surface area contributed by atoms with Gasteiger partial charge in [-0.3, -0.25) is 4.79 Å². The molecule has 1 heterocycles. The molecule has 196 valence electrons. The summed E-state index contributed by atoms with van der Waals surface area (Å²) in [6.45, 7) is 0.581. The first-order chi connectivity index (χ1) is 19.6. The van der Waals surface area contributed by atoms with Crippen LogP contribution in [0.15, 0.2) is 121 Å². The van der Waals surface area contributed by atoms with Crippen molar-refractivity contribution in [3.8, 4) is 28.8 Å². The molecular weight excluding hydrogens is 503 g/mol. The molecule has 1 aromatic heterocycles. The number of carbonyl (C=O) groups excluding carboxylic acids is 1. The smallest absolute Gasteiger partial charge is 0.262 e. The molecule has 40 heavy (non-hydrogen) atoms. The van der Waals surface area contributed by atoms with Crippen molar-refractivity contribution in [3.63, 3.8) is 0 Å². The topological polar surface area (TPSA) is 79.9 Å². The summed E-state index contributed by atoms with van der Waals surface area (Å²) >= 11 is 0. The van der Waals surface area contributed by atoms with Gasteiger partial charge in [-0.1, -0.05) is 72.8 Å². The Kier molecular flexibility index (Phi) is 8.09. The van der Waals surface area contributed by atoms with Gasteiger partial charge in [-0.15, -0.1) is 0 Å². The molecule has 0 unspecified atom stereocenters. The first-order valence-electron chi connectivity index (χ1n) is 12.7. The van der Waals surface area contributed by atoms with E-state index in [0.717, 1.165) is 22.4 Å². The minimum Gasteiger partial charge on any atom is -0.489 e. The highest BCUT2D eigenvalue weighted by molar-refractivity contribution is 6.02. The van der Waals surface area contributed by atoms with Gasteiger partial charge in [0.25, 0.3) is 5.91 Å². The Labute approximate surface area is 231 Å². The van der Waals surface area contributed by atoms with Gasteiger partial charge in [0.2, 0.25) is 0 Å². The lowest BCUT2D eigenvalue weighted by molar-refractivity contribution is -0.117. The third-order valence-corrected chi connectivity index (χ3v) is 6.15. The summed E-state index contributed by atoms with van der Waals surface area (Å²) in [5.74, 6) is -0.168. The Morgan fingerprint density at radius 2 is 1.65 bits per heavy atom. The molecular formula is C33H25FN4O2. The molecule has 1 amide bonds. The number of halogens is 1. The van der Waals surface area contributed by atoms with Crippen LogP contribution in [0.4, 0.5) is 4.39 Å². The maximum absolute atomic E-state index is 13.2. The van der Waals surface area contributed by atoms with Crippen molar-refractivity contribution < 1.29 is 13.9 Å². The second-order valence-electron chi connectivity index (χ2n) is 8.99. The van der Waals surface area contributed by atoms with Crippen LogP contribution in [0.3, 0.4) is 0 Å². The Hall–Kier alpha value is -5.48. The molecule has 0 atom stereocenters. The van der Waals surface area contributed by atoms with Crippen molar-refractivity contribution in [2.75, 3.05) is 0 Å². The fourth-order valence-corrected chi connectivity index (χ4v) is 4.09. The number of aromatic nitrogens is 2. The number of nitriles is 1. The number of hydrogen-bond donors (Lipinski definition) is 1. The standard InChI is InChI=1S/C33H25FN4O2/c34-29-16-14-25(15-17-29)23-40-31-13-7-10-26(19-31)32-28(22-38(37-32)30-11-5-2-6-12-30)18-27(20-35)33(39)36-21-24-8-3-1-4-9-24/h1-19,22H,21,23H2,(H,36,39). The fraction of sp³-hybridized carbons (Fsp3) is 0.0606. The van der Waals surface area contributed by atoms with E-state index in [2.05, 4.69) is 5.32 Å². The molecule has 0 aliphatic rings. The van der Waals surface area contributed by atoms with Crippen LogP contribution in [-0.2, 0) is 17.9 Å². The number of benzene rings is 4. The lowest BCUT2D eigenvalue weighted by Crippen LogP contribution is -2.23. The number of amides is 1. The molecule has 5 aromatic rings. The molecule has 0 saturated heterocycles. The zero-order chi connectivity index (χ0) is 27.7. The Morgan fingerprint density at radius 3 is 2.38 bits per heavy atom. The van der Waals surface area contributed by atoms with Gasteiger partial charge in [-0.25, -0.2) is 9.07 Å². The molecule has 5 rings (SSSR count). The molecule has 0 bridgehead atoms. The summed E-state index contributed by atoms with van der Waals surface area (Å²) in [5, 5.41) is 17.4. The first-order valence-corrected chi connectivity index (χ1v) is 12.7. The number of ether oxygens (including phenoxy) is 1. The molecule has 0 spiro atoms. The van der Waals surface area contributed by atoms with E-state index in [4.69, 9.17) is 9.84 Å². The van der Waals surface area contributed by atoms with Gasteiger partial charge >= 0.3 is 0 Å². The molecule has 7 heteroatoms. The van der Waals surface area contributed by atoms with E-state index in [0.29, 0.717) is 23.6 Å². The van der Waals surface area contributed by atoms with Crippen molar-refractivity contribution >= 4 is 12.0 Å². The predicted octanol–water partition coefficient (Wildman–Crippen LogP) is 6.48. The average molecular weight is 529 g/mol. The van der Waals surface area contributed by atoms with Crippen molar-refractivity contribution in [3.05, 3.63) is 143 Å². The molecule has 0 fully saturated rings. The van der Waals surface area contributed by atoms with Crippen LogP contribution in [0.1, 0.15) is 16.7 Å². The summed E-state index contributed by atoms with van der Waals surface area (Å²) in [5.41, 5.74) is 4.50. The van der Waals surface area contributed by atoms with Crippen LogP contribution in [0.5, 0.6) is 5.75 Å². The summed E-state index contributed by atoms with van der Waals surface area (Å²) in [6, 6.07) is 34.7. The largest absolute Gasteiger partial charge is 0.489 e. The van der Waals surface area contributed by atoms with Gasteiger partial charge in [-0.05, 0) is 53.6 Å². The predicted molar refractivity (Wildman–Crippen MR) is 152 cm³/mol. The fourth-order valence-electron chi connectivity index (χ4n) is 4.09. The molecule has 6 nitrogen and oxygen atoms in total. The van der Waals surface area contributed by atoms with Crippen molar-refractivity contribution in [1.82, 2.24) is 15.1 Å². The van der Waals surface area contributed by atoms with Gasteiger partial charge in [0.15, 0.2) is 0 Å². The lowest BCUT2D eigenvalue weighted by atomic mass is 10.1. The Morgan fingerprint density at radius 1 is 0.925 bits per heavy atom. The van der Waals surface area contributed by atoms with E-state index in [9.17, 15) is 14.4 Å². The van der Waals surface area contributed by atoms with Crippen molar-refractivity contribution in [2.45, 2.75) is 13.2 Å². The monoisotopic (exact) mass is 528 g/mol. The minimum absolute atomic E-state index is 0.0338. The summed E-state index contributed by atoms with van der Waals surface area (Å²) < 4.78 is 20.9. The van der Waals surface area contributed by atoms with Crippen LogP contribution in [-0.4, -0.2) is 15.7 Å². The number of rotatable bonds is 9. The second kappa shape index (κ2) is 12.4. The molecule has 1 N–H and O–H groups in total. The second-order valence-corrected chi connectivity index (χ2v) is 8.99. The lowest BCUT2D eigenvalue weighted by Gasteiger charge is -2.08. The molecule has 0 aliphatic heterocycles. The van der Waals surface area contributed by atoms with E-state index in [1.54, 1.807) is 29.1 Å². The zero-order valence-electron chi connectivity index (χ0n) is 21.5. The maximum Gasteiger partial charge on any atom is 0.262 e. The molecule has 0 radical (unpaired) electrons.